The van der Waals surface area contributed by atoms with Gasteiger partial charge in [0.2, 0.25) is 0 Å². The number of rotatable bonds is 12. The molecular formula is C26H34O5. The highest BCUT2D eigenvalue weighted by Gasteiger charge is 2.34. The lowest BCUT2D eigenvalue weighted by Crippen LogP contribution is -2.43. The van der Waals surface area contributed by atoms with E-state index in [2.05, 4.69) is 62.4 Å². The fraction of sp³-hybridized carbons (Fsp3) is 0.538. The van der Waals surface area contributed by atoms with E-state index in [-0.39, 0.29) is 10.8 Å². The highest BCUT2D eigenvalue weighted by atomic mass is 16.5. The third-order valence-corrected chi connectivity index (χ3v) is 5.82. The Morgan fingerprint density at radius 2 is 0.839 bits per heavy atom. The van der Waals surface area contributed by atoms with E-state index < -0.39 is 0 Å². The molecule has 0 aliphatic carbocycles. The van der Waals surface area contributed by atoms with Crippen molar-refractivity contribution in [1.29, 1.82) is 0 Å². The number of ether oxygens (including phenoxy) is 5. The van der Waals surface area contributed by atoms with E-state index in [1.54, 1.807) is 0 Å². The molecule has 0 amide bonds. The van der Waals surface area contributed by atoms with Gasteiger partial charge in [0.1, 0.15) is 0 Å². The van der Waals surface area contributed by atoms with Gasteiger partial charge in [-0.2, -0.15) is 0 Å². The summed E-state index contributed by atoms with van der Waals surface area (Å²) in [5.41, 5.74) is 5.10. The summed E-state index contributed by atoms with van der Waals surface area (Å²) in [5.74, 6) is 0. The van der Waals surface area contributed by atoms with E-state index in [4.69, 9.17) is 23.7 Å². The van der Waals surface area contributed by atoms with Crippen molar-refractivity contribution in [3.05, 3.63) is 70.8 Å². The highest BCUT2D eigenvalue weighted by molar-refractivity contribution is 5.23. The van der Waals surface area contributed by atoms with Gasteiger partial charge in [0.15, 0.2) is 0 Å². The molecule has 4 rings (SSSR count). The van der Waals surface area contributed by atoms with Crippen molar-refractivity contribution < 1.29 is 23.7 Å². The summed E-state index contributed by atoms with van der Waals surface area (Å²) in [5, 5.41) is 0. The van der Waals surface area contributed by atoms with Crippen LogP contribution in [0.15, 0.2) is 48.5 Å². The second-order valence-electron chi connectivity index (χ2n) is 9.72. The molecule has 168 valence electrons. The Morgan fingerprint density at radius 1 is 0.548 bits per heavy atom. The maximum absolute atomic E-state index is 5.89. The predicted octanol–water partition coefficient (Wildman–Crippen LogP) is 4.51. The Labute approximate surface area is 185 Å². The Morgan fingerprint density at radius 3 is 1.10 bits per heavy atom. The normalized spacial score (nSPS) is 18.9. The molecule has 0 saturated carbocycles. The molecule has 5 nitrogen and oxygen atoms in total. The van der Waals surface area contributed by atoms with Gasteiger partial charge in [-0.1, -0.05) is 62.4 Å². The summed E-state index contributed by atoms with van der Waals surface area (Å²) in [6.45, 7) is 11.6. The molecule has 0 bridgehead atoms. The third kappa shape index (κ3) is 6.61. The molecule has 2 aliphatic rings. The molecule has 2 fully saturated rings. The van der Waals surface area contributed by atoms with Crippen LogP contribution in [-0.2, 0) is 50.1 Å². The SMILES string of the molecule is CC1(COCc2ccc(COCc3ccc(COCC4(C)COC4)cc3)cc2)COC1. The first-order valence-corrected chi connectivity index (χ1v) is 11.1. The molecule has 0 unspecified atom stereocenters. The molecule has 0 aromatic heterocycles. The molecule has 0 N–H and O–H groups in total. The molecule has 2 saturated heterocycles. The monoisotopic (exact) mass is 426 g/mol. The zero-order valence-corrected chi connectivity index (χ0v) is 18.7. The van der Waals surface area contributed by atoms with Crippen molar-refractivity contribution in [2.75, 3.05) is 39.6 Å². The van der Waals surface area contributed by atoms with E-state index in [1.165, 1.54) is 22.3 Å². The minimum absolute atomic E-state index is 0.197. The fourth-order valence-corrected chi connectivity index (χ4v) is 3.65. The van der Waals surface area contributed by atoms with Crippen molar-refractivity contribution in [1.82, 2.24) is 0 Å². The van der Waals surface area contributed by atoms with Crippen LogP contribution >= 0.6 is 0 Å². The molecule has 31 heavy (non-hydrogen) atoms. The van der Waals surface area contributed by atoms with Gasteiger partial charge >= 0.3 is 0 Å². The van der Waals surface area contributed by atoms with Crippen molar-refractivity contribution in [3.63, 3.8) is 0 Å². The van der Waals surface area contributed by atoms with Crippen molar-refractivity contribution in [2.24, 2.45) is 10.8 Å². The Kier molecular flexibility index (Phi) is 7.41. The Hall–Kier alpha value is -1.76. The average Bonchev–Trinajstić information content (AvgIpc) is 2.73. The largest absolute Gasteiger partial charge is 0.380 e. The Bertz CT molecular complexity index is 737. The van der Waals surface area contributed by atoms with Crippen LogP contribution in [0.5, 0.6) is 0 Å². The first-order chi connectivity index (χ1) is 15.0. The third-order valence-electron chi connectivity index (χ3n) is 5.82. The lowest BCUT2D eigenvalue weighted by molar-refractivity contribution is -0.140. The fourth-order valence-electron chi connectivity index (χ4n) is 3.65. The van der Waals surface area contributed by atoms with Crippen LogP contribution in [0.4, 0.5) is 0 Å². The minimum Gasteiger partial charge on any atom is -0.380 e. The number of hydrogen-bond acceptors (Lipinski definition) is 5. The first-order valence-electron chi connectivity index (χ1n) is 11.1. The number of hydrogen-bond donors (Lipinski definition) is 0. The van der Waals surface area contributed by atoms with E-state index in [1.807, 2.05) is 0 Å². The summed E-state index contributed by atoms with van der Waals surface area (Å²) < 4.78 is 28.1. The highest BCUT2D eigenvalue weighted by Crippen LogP contribution is 2.27. The van der Waals surface area contributed by atoms with Crippen molar-refractivity contribution in [3.8, 4) is 0 Å². The number of benzene rings is 2. The van der Waals surface area contributed by atoms with Crippen LogP contribution in [0.1, 0.15) is 36.1 Å². The lowest BCUT2D eigenvalue weighted by Gasteiger charge is -2.37. The maximum Gasteiger partial charge on any atom is 0.0721 e. The predicted molar refractivity (Wildman–Crippen MR) is 119 cm³/mol. The second-order valence-corrected chi connectivity index (χ2v) is 9.72. The molecule has 2 aromatic rings. The maximum atomic E-state index is 5.89. The van der Waals surface area contributed by atoms with Gasteiger partial charge in [-0.3, -0.25) is 0 Å². The van der Waals surface area contributed by atoms with Crippen molar-refractivity contribution in [2.45, 2.75) is 40.3 Å². The van der Waals surface area contributed by atoms with E-state index in [9.17, 15) is 0 Å². The standard InChI is InChI=1S/C26H34O5/c1-25(17-30-18-25)15-28-13-23-7-3-21(4-8-23)11-27-12-22-5-9-24(10-6-22)14-29-16-26(2)19-31-20-26/h3-10H,11-20H2,1-2H3. The van der Waals surface area contributed by atoms with Crippen LogP contribution in [0.2, 0.25) is 0 Å². The van der Waals surface area contributed by atoms with Crippen molar-refractivity contribution >= 4 is 0 Å². The summed E-state index contributed by atoms with van der Waals surface area (Å²) in [4.78, 5) is 0. The van der Waals surface area contributed by atoms with E-state index in [0.29, 0.717) is 26.4 Å². The average molecular weight is 427 g/mol. The molecule has 2 aromatic carbocycles. The van der Waals surface area contributed by atoms with Gasteiger partial charge in [0.25, 0.3) is 0 Å². The topological polar surface area (TPSA) is 46.2 Å². The summed E-state index contributed by atoms with van der Waals surface area (Å²) in [6, 6.07) is 16.9. The van der Waals surface area contributed by atoms with Gasteiger partial charge in [0, 0.05) is 10.8 Å². The minimum atomic E-state index is 0.197. The van der Waals surface area contributed by atoms with Crippen LogP contribution in [0.25, 0.3) is 0 Å². The Balaban J connectivity index is 1.12. The second kappa shape index (κ2) is 10.2. The van der Waals surface area contributed by atoms with Crippen LogP contribution in [0, 0.1) is 10.8 Å². The molecule has 0 atom stereocenters. The smallest absolute Gasteiger partial charge is 0.0721 e. The van der Waals surface area contributed by atoms with E-state index >= 15 is 0 Å². The molecule has 2 aliphatic heterocycles. The summed E-state index contributed by atoms with van der Waals surface area (Å²) in [7, 11) is 0. The van der Waals surface area contributed by atoms with Gasteiger partial charge in [-0.15, -0.1) is 0 Å². The summed E-state index contributed by atoms with van der Waals surface area (Å²) in [6.07, 6.45) is 0. The van der Waals surface area contributed by atoms with E-state index in [0.717, 1.165) is 39.6 Å². The van der Waals surface area contributed by atoms with Gasteiger partial charge in [-0.25, -0.2) is 0 Å². The molecule has 2 heterocycles. The molecule has 0 radical (unpaired) electrons. The molecule has 5 heteroatoms. The zero-order valence-electron chi connectivity index (χ0n) is 18.7. The molecule has 0 spiro atoms. The first kappa shape index (κ1) is 22.4. The van der Waals surface area contributed by atoms with Gasteiger partial charge < -0.3 is 23.7 Å². The molecular weight excluding hydrogens is 392 g/mol. The summed E-state index contributed by atoms with van der Waals surface area (Å²) >= 11 is 0. The van der Waals surface area contributed by atoms with Crippen LogP contribution in [-0.4, -0.2) is 39.6 Å². The van der Waals surface area contributed by atoms with Crippen LogP contribution in [0.3, 0.4) is 0 Å². The van der Waals surface area contributed by atoms with Crippen LogP contribution < -0.4 is 0 Å². The lowest BCUT2D eigenvalue weighted by atomic mass is 9.90. The van der Waals surface area contributed by atoms with Gasteiger partial charge in [0.05, 0.1) is 66.1 Å². The zero-order chi connectivity index (χ0) is 21.6. The quantitative estimate of drug-likeness (QED) is 0.500. The van der Waals surface area contributed by atoms with Gasteiger partial charge in [-0.05, 0) is 22.3 Å².